The summed E-state index contributed by atoms with van der Waals surface area (Å²) in [4.78, 5) is 26.7. The predicted octanol–water partition coefficient (Wildman–Crippen LogP) is 5.45. The molecule has 0 N–H and O–H groups in total. The second-order valence-electron chi connectivity index (χ2n) is 8.64. The van der Waals surface area contributed by atoms with Crippen molar-refractivity contribution in [2.75, 3.05) is 26.3 Å². The Labute approximate surface area is 172 Å². The Morgan fingerprint density at radius 2 is 1.86 bits per heavy atom. The number of hydrogen-bond acceptors (Lipinski definition) is 3. The van der Waals surface area contributed by atoms with Gasteiger partial charge >= 0.3 is 0 Å². The molecular formula is C24H41NO3. The number of morpholine rings is 1. The smallest absolute Gasteiger partial charge is 0.222 e. The van der Waals surface area contributed by atoms with Crippen molar-refractivity contribution in [1.29, 1.82) is 0 Å². The van der Waals surface area contributed by atoms with Crippen LogP contribution in [0.15, 0.2) is 12.2 Å². The molecule has 0 radical (unpaired) electrons. The number of ether oxygens (including phenoxy) is 1. The number of unbranched alkanes of at least 4 members (excludes halogenated alkanes) is 6. The van der Waals surface area contributed by atoms with Crippen LogP contribution in [-0.4, -0.2) is 42.9 Å². The van der Waals surface area contributed by atoms with Crippen LogP contribution in [0.3, 0.4) is 0 Å². The molecule has 1 aliphatic carbocycles. The van der Waals surface area contributed by atoms with Gasteiger partial charge in [-0.25, -0.2) is 0 Å². The average molecular weight is 392 g/mol. The predicted molar refractivity (Wildman–Crippen MR) is 114 cm³/mol. The maximum absolute atomic E-state index is 12.6. The van der Waals surface area contributed by atoms with Crippen molar-refractivity contribution in [1.82, 2.24) is 4.90 Å². The minimum atomic E-state index is -0.0785. The molecule has 0 aromatic heterocycles. The molecule has 0 aromatic rings. The summed E-state index contributed by atoms with van der Waals surface area (Å²) in [5, 5.41) is 0. The molecular weight excluding hydrogens is 350 g/mol. The highest BCUT2D eigenvalue weighted by Gasteiger charge is 2.39. The fraction of sp³-hybridized carbons (Fsp3) is 0.833. The third kappa shape index (κ3) is 7.69. The van der Waals surface area contributed by atoms with Crippen LogP contribution in [0.4, 0.5) is 0 Å². The van der Waals surface area contributed by atoms with Crippen LogP contribution >= 0.6 is 0 Å². The maximum atomic E-state index is 12.6. The van der Waals surface area contributed by atoms with Gasteiger partial charge in [0.05, 0.1) is 13.2 Å². The van der Waals surface area contributed by atoms with Crippen LogP contribution in [0.2, 0.25) is 0 Å². The van der Waals surface area contributed by atoms with Gasteiger partial charge in [-0.3, -0.25) is 9.59 Å². The fourth-order valence-electron chi connectivity index (χ4n) is 4.58. The molecule has 2 rings (SSSR count). The van der Waals surface area contributed by atoms with Gasteiger partial charge in [-0.15, -0.1) is 0 Å². The summed E-state index contributed by atoms with van der Waals surface area (Å²) in [5.41, 5.74) is -0.0785. The number of carbonyl (C=O) groups excluding carboxylic acids is 2. The number of allylic oxidation sites excluding steroid dienone is 2. The molecule has 1 aliphatic heterocycles. The van der Waals surface area contributed by atoms with Crippen molar-refractivity contribution >= 4 is 11.7 Å². The summed E-state index contributed by atoms with van der Waals surface area (Å²) in [6.07, 6.45) is 19.4. The number of ketones is 1. The zero-order valence-electron chi connectivity index (χ0n) is 18.1. The van der Waals surface area contributed by atoms with E-state index in [0.717, 1.165) is 77.3 Å². The van der Waals surface area contributed by atoms with Crippen molar-refractivity contribution in [3.63, 3.8) is 0 Å². The monoisotopic (exact) mass is 391 g/mol. The second kappa shape index (κ2) is 13.1. The van der Waals surface area contributed by atoms with Gasteiger partial charge in [0, 0.05) is 31.3 Å². The lowest BCUT2D eigenvalue weighted by Crippen LogP contribution is -2.40. The molecule has 1 amide bonds. The number of amides is 1. The van der Waals surface area contributed by atoms with Crippen molar-refractivity contribution in [2.45, 2.75) is 96.8 Å². The quantitative estimate of drug-likeness (QED) is 0.310. The average Bonchev–Trinajstić information content (AvgIpc) is 3.08. The zero-order chi connectivity index (χ0) is 20.1. The minimum absolute atomic E-state index is 0.0785. The van der Waals surface area contributed by atoms with E-state index in [4.69, 9.17) is 4.74 Å². The third-order valence-corrected chi connectivity index (χ3v) is 6.46. The molecule has 0 bridgehead atoms. The molecule has 0 aromatic carbocycles. The summed E-state index contributed by atoms with van der Waals surface area (Å²) < 4.78 is 5.30. The van der Waals surface area contributed by atoms with Gasteiger partial charge in [0.2, 0.25) is 5.91 Å². The lowest BCUT2D eigenvalue weighted by molar-refractivity contribution is -0.135. The fourth-order valence-corrected chi connectivity index (χ4v) is 4.58. The third-order valence-electron chi connectivity index (χ3n) is 6.46. The standard InChI is InChI=1S/C24H41NO3/c1-2-3-4-5-7-10-15-24(17-12-13-22(24)26)16-11-8-6-9-14-23(27)25-18-20-28-21-19-25/h7,10H,2-6,8-9,11-21H2,1H3/b10-7+. The molecule has 160 valence electrons. The van der Waals surface area contributed by atoms with E-state index in [2.05, 4.69) is 19.1 Å². The van der Waals surface area contributed by atoms with Gasteiger partial charge in [0.25, 0.3) is 0 Å². The molecule has 1 unspecified atom stereocenters. The lowest BCUT2D eigenvalue weighted by Gasteiger charge is -2.27. The highest BCUT2D eigenvalue weighted by molar-refractivity contribution is 5.86. The summed E-state index contributed by atoms with van der Waals surface area (Å²) >= 11 is 0. The molecule has 1 saturated carbocycles. The van der Waals surface area contributed by atoms with Gasteiger partial charge in [0.1, 0.15) is 5.78 Å². The zero-order valence-corrected chi connectivity index (χ0v) is 18.1. The van der Waals surface area contributed by atoms with E-state index in [1.807, 2.05) is 4.90 Å². The minimum Gasteiger partial charge on any atom is -0.378 e. The highest BCUT2D eigenvalue weighted by atomic mass is 16.5. The number of rotatable bonds is 13. The maximum Gasteiger partial charge on any atom is 0.222 e. The van der Waals surface area contributed by atoms with Gasteiger partial charge in [-0.1, -0.05) is 51.2 Å². The SMILES string of the molecule is CCCCC/C=C/CC1(CCCCCCC(=O)N2CCOCC2)CCCC1=O. The Kier molecular flexibility index (Phi) is 10.8. The van der Waals surface area contributed by atoms with Crippen LogP contribution in [0.25, 0.3) is 0 Å². The Morgan fingerprint density at radius 3 is 2.57 bits per heavy atom. The normalized spacial score (nSPS) is 23.0. The van der Waals surface area contributed by atoms with E-state index in [1.165, 1.54) is 19.3 Å². The second-order valence-corrected chi connectivity index (χ2v) is 8.64. The molecule has 28 heavy (non-hydrogen) atoms. The van der Waals surface area contributed by atoms with Crippen LogP contribution < -0.4 is 0 Å². The highest BCUT2D eigenvalue weighted by Crippen LogP contribution is 2.43. The van der Waals surface area contributed by atoms with Gasteiger partial charge in [0.15, 0.2) is 0 Å². The van der Waals surface area contributed by atoms with Crippen molar-refractivity contribution < 1.29 is 14.3 Å². The number of hydrogen-bond donors (Lipinski definition) is 0. The Morgan fingerprint density at radius 1 is 1.07 bits per heavy atom. The largest absolute Gasteiger partial charge is 0.378 e. The van der Waals surface area contributed by atoms with E-state index < -0.39 is 0 Å². The molecule has 1 atom stereocenters. The van der Waals surface area contributed by atoms with Crippen LogP contribution in [0.5, 0.6) is 0 Å². The van der Waals surface area contributed by atoms with E-state index >= 15 is 0 Å². The van der Waals surface area contributed by atoms with Crippen molar-refractivity contribution in [3.05, 3.63) is 12.2 Å². The van der Waals surface area contributed by atoms with Gasteiger partial charge in [-0.05, 0) is 44.9 Å². The Bertz CT molecular complexity index is 496. The first-order valence-corrected chi connectivity index (χ1v) is 11.7. The summed E-state index contributed by atoms with van der Waals surface area (Å²) in [6.45, 7) is 5.07. The van der Waals surface area contributed by atoms with Gasteiger partial charge in [-0.2, -0.15) is 0 Å². The number of Topliss-reactive ketones (excluding diaryl/α,β-unsaturated/α-hetero) is 1. The first-order valence-electron chi connectivity index (χ1n) is 11.7. The van der Waals surface area contributed by atoms with Gasteiger partial charge < -0.3 is 9.64 Å². The summed E-state index contributed by atoms with van der Waals surface area (Å²) in [7, 11) is 0. The molecule has 1 heterocycles. The van der Waals surface area contributed by atoms with Crippen molar-refractivity contribution in [3.8, 4) is 0 Å². The summed E-state index contributed by atoms with van der Waals surface area (Å²) in [5.74, 6) is 0.771. The molecule has 2 fully saturated rings. The number of carbonyl (C=O) groups is 2. The van der Waals surface area contributed by atoms with E-state index in [0.29, 0.717) is 25.4 Å². The Balaban J connectivity index is 1.62. The Hall–Kier alpha value is -1.16. The van der Waals surface area contributed by atoms with Crippen LogP contribution in [-0.2, 0) is 14.3 Å². The molecule has 4 heteroatoms. The number of nitrogens with zero attached hydrogens (tertiary/aromatic N) is 1. The molecule has 0 spiro atoms. The van der Waals surface area contributed by atoms with E-state index in [1.54, 1.807) is 0 Å². The van der Waals surface area contributed by atoms with E-state index in [9.17, 15) is 9.59 Å². The lowest BCUT2D eigenvalue weighted by atomic mass is 9.77. The van der Waals surface area contributed by atoms with E-state index in [-0.39, 0.29) is 11.3 Å². The topological polar surface area (TPSA) is 46.6 Å². The molecule has 4 nitrogen and oxygen atoms in total. The first kappa shape index (κ1) is 23.1. The summed E-state index contributed by atoms with van der Waals surface area (Å²) in [6, 6.07) is 0. The molecule has 1 saturated heterocycles. The first-order chi connectivity index (χ1) is 13.7. The van der Waals surface area contributed by atoms with Crippen LogP contribution in [0.1, 0.15) is 96.8 Å². The molecule has 2 aliphatic rings. The van der Waals surface area contributed by atoms with Crippen LogP contribution in [0, 0.1) is 5.41 Å². The van der Waals surface area contributed by atoms with Crippen molar-refractivity contribution in [2.24, 2.45) is 5.41 Å².